The van der Waals surface area contributed by atoms with Gasteiger partial charge in [-0.2, -0.15) is 0 Å². The molecule has 1 aliphatic heterocycles. The third-order valence-electron chi connectivity index (χ3n) is 6.21. The van der Waals surface area contributed by atoms with Crippen molar-refractivity contribution in [2.75, 3.05) is 13.1 Å². The van der Waals surface area contributed by atoms with Gasteiger partial charge in [0.2, 0.25) is 0 Å². The molecule has 7 nitrogen and oxygen atoms in total. The Morgan fingerprint density at radius 3 is 2.52 bits per heavy atom. The quantitative estimate of drug-likeness (QED) is 0.844. The van der Waals surface area contributed by atoms with Gasteiger partial charge in [-0.05, 0) is 44.7 Å². The van der Waals surface area contributed by atoms with Crippen LogP contribution >= 0.6 is 0 Å². The van der Waals surface area contributed by atoms with E-state index in [1.54, 1.807) is 18.7 Å². The molecule has 4 rings (SSSR count). The monoisotopic (exact) mass is 395 g/mol. The van der Waals surface area contributed by atoms with Crippen LogP contribution in [-0.2, 0) is 6.54 Å². The van der Waals surface area contributed by atoms with Gasteiger partial charge in [-0.3, -0.25) is 14.6 Å². The summed E-state index contributed by atoms with van der Waals surface area (Å²) in [7, 11) is 0. The summed E-state index contributed by atoms with van der Waals surface area (Å²) in [6.45, 7) is 4.17. The molecule has 1 saturated heterocycles. The van der Waals surface area contributed by atoms with Crippen molar-refractivity contribution in [1.29, 1.82) is 0 Å². The lowest BCUT2D eigenvalue weighted by molar-refractivity contribution is 0.0701. The zero-order chi connectivity index (χ0) is 20.2. The zero-order valence-corrected chi connectivity index (χ0v) is 17.0. The minimum absolute atomic E-state index is 0.0242. The third-order valence-corrected chi connectivity index (χ3v) is 6.21. The summed E-state index contributed by atoms with van der Waals surface area (Å²) in [5.41, 5.74) is 2.29. The molecule has 0 spiro atoms. The Bertz CT molecular complexity index is 846. The highest BCUT2D eigenvalue weighted by Crippen LogP contribution is 2.27. The fraction of sp³-hybridized carbons (Fsp3) is 0.545. The molecule has 1 saturated carbocycles. The predicted octanol–water partition coefficient (Wildman–Crippen LogP) is 2.99. The summed E-state index contributed by atoms with van der Waals surface area (Å²) >= 11 is 0. The predicted molar refractivity (Wildman–Crippen MR) is 110 cm³/mol. The van der Waals surface area contributed by atoms with Crippen molar-refractivity contribution >= 4 is 11.8 Å². The number of pyridine rings is 1. The van der Waals surface area contributed by atoms with Crippen molar-refractivity contribution in [1.82, 2.24) is 24.8 Å². The van der Waals surface area contributed by atoms with E-state index < -0.39 is 0 Å². The number of nitrogens with one attached hydrogen (secondary N) is 1. The van der Waals surface area contributed by atoms with Crippen LogP contribution in [0.5, 0.6) is 0 Å². The van der Waals surface area contributed by atoms with E-state index >= 15 is 0 Å². The molecule has 1 N–H and O–H groups in total. The van der Waals surface area contributed by atoms with Crippen molar-refractivity contribution in [3.63, 3.8) is 0 Å². The van der Waals surface area contributed by atoms with Crippen molar-refractivity contribution in [2.24, 2.45) is 0 Å². The number of carbonyl (C=O) groups excluding carboxylic acids is 2. The van der Waals surface area contributed by atoms with Crippen LogP contribution in [-0.4, -0.2) is 50.4 Å². The number of imidazole rings is 1. The first-order valence-corrected chi connectivity index (χ1v) is 10.7. The van der Waals surface area contributed by atoms with E-state index in [9.17, 15) is 9.59 Å². The van der Waals surface area contributed by atoms with E-state index in [1.807, 2.05) is 28.5 Å². The van der Waals surface area contributed by atoms with Crippen LogP contribution in [0.15, 0.2) is 30.9 Å². The second-order valence-electron chi connectivity index (χ2n) is 8.06. The lowest BCUT2D eigenvalue weighted by Gasteiger charge is -2.31. The summed E-state index contributed by atoms with van der Waals surface area (Å²) in [6, 6.07) is 4.16. The van der Waals surface area contributed by atoms with Gasteiger partial charge in [0, 0.05) is 43.5 Å². The van der Waals surface area contributed by atoms with E-state index in [1.165, 1.54) is 12.8 Å². The van der Waals surface area contributed by atoms with E-state index in [4.69, 9.17) is 0 Å². The van der Waals surface area contributed by atoms with Gasteiger partial charge in [0.25, 0.3) is 11.8 Å². The number of aromatic nitrogens is 3. The van der Waals surface area contributed by atoms with E-state index in [2.05, 4.69) is 15.3 Å². The molecule has 2 amide bonds. The Morgan fingerprint density at radius 1 is 1.10 bits per heavy atom. The summed E-state index contributed by atoms with van der Waals surface area (Å²) < 4.78 is 1.88. The molecule has 2 aliphatic rings. The normalized spacial score (nSPS) is 18.2. The Labute approximate surface area is 171 Å². The van der Waals surface area contributed by atoms with Gasteiger partial charge in [-0.1, -0.05) is 12.8 Å². The third kappa shape index (κ3) is 4.33. The molecule has 2 fully saturated rings. The van der Waals surface area contributed by atoms with E-state index in [-0.39, 0.29) is 11.8 Å². The summed E-state index contributed by atoms with van der Waals surface area (Å²) in [5.74, 6) is 0.348. The van der Waals surface area contributed by atoms with Gasteiger partial charge in [0.05, 0.1) is 18.1 Å². The highest BCUT2D eigenvalue weighted by atomic mass is 16.2. The molecule has 154 valence electrons. The first-order valence-electron chi connectivity index (χ1n) is 10.7. The van der Waals surface area contributed by atoms with Crippen LogP contribution < -0.4 is 5.32 Å². The number of rotatable bonds is 5. The molecular weight excluding hydrogens is 366 g/mol. The Morgan fingerprint density at radius 2 is 1.86 bits per heavy atom. The maximum atomic E-state index is 12.8. The van der Waals surface area contributed by atoms with Gasteiger partial charge in [0.15, 0.2) is 0 Å². The molecule has 2 aromatic heterocycles. The topological polar surface area (TPSA) is 80.1 Å². The average molecular weight is 396 g/mol. The Hall–Kier alpha value is -2.70. The first kappa shape index (κ1) is 19.6. The summed E-state index contributed by atoms with van der Waals surface area (Å²) in [4.78, 5) is 35.7. The Balaban J connectivity index is 1.32. The second-order valence-corrected chi connectivity index (χ2v) is 8.06. The van der Waals surface area contributed by atoms with Gasteiger partial charge in [0.1, 0.15) is 5.69 Å². The molecule has 0 radical (unpaired) electrons. The van der Waals surface area contributed by atoms with Crippen molar-refractivity contribution in [3.8, 4) is 0 Å². The van der Waals surface area contributed by atoms with Gasteiger partial charge in [-0.15, -0.1) is 0 Å². The van der Waals surface area contributed by atoms with Crippen LogP contribution in [0.3, 0.4) is 0 Å². The number of nitrogens with zero attached hydrogens (tertiary/aromatic N) is 4. The van der Waals surface area contributed by atoms with Crippen LogP contribution in [0, 0.1) is 0 Å². The highest BCUT2D eigenvalue weighted by Gasteiger charge is 2.27. The highest BCUT2D eigenvalue weighted by molar-refractivity contribution is 5.94. The molecule has 7 heteroatoms. The lowest BCUT2D eigenvalue weighted by Crippen LogP contribution is -2.39. The maximum absolute atomic E-state index is 12.8. The van der Waals surface area contributed by atoms with Gasteiger partial charge >= 0.3 is 0 Å². The summed E-state index contributed by atoms with van der Waals surface area (Å²) in [5, 5.41) is 3.10. The number of hydrogen-bond acceptors (Lipinski definition) is 4. The van der Waals surface area contributed by atoms with E-state index in [0.29, 0.717) is 36.3 Å². The lowest BCUT2D eigenvalue weighted by atomic mass is 9.92. The SMILES string of the molecule is CCn1cncc1C(=O)N1CCC(c2ccc(C(=O)NC3CCCC3)cn2)CC1. The summed E-state index contributed by atoms with van der Waals surface area (Å²) in [6.07, 6.45) is 11.4. The average Bonchev–Trinajstić information content (AvgIpc) is 3.45. The molecule has 29 heavy (non-hydrogen) atoms. The van der Waals surface area contributed by atoms with Crippen molar-refractivity contribution < 1.29 is 9.59 Å². The Kier molecular flexibility index (Phi) is 5.92. The minimum Gasteiger partial charge on any atom is -0.349 e. The number of amides is 2. The zero-order valence-electron chi connectivity index (χ0n) is 17.0. The molecular formula is C22H29N5O2. The van der Waals surface area contributed by atoms with Crippen LogP contribution in [0.4, 0.5) is 0 Å². The number of hydrogen-bond donors (Lipinski definition) is 1. The van der Waals surface area contributed by atoms with Crippen LogP contribution in [0.25, 0.3) is 0 Å². The maximum Gasteiger partial charge on any atom is 0.272 e. The first-order chi connectivity index (χ1) is 14.2. The minimum atomic E-state index is -0.0242. The molecule has 0 aromatic carbocycles. The molecule has 3 heterocycles. The fourth-order valence-corrected chi connectivity index (χ4v) is 4.41. The molecule has 0 unspecified atom stereocenters. The molecule has 2 aromatic rings. The van der Waals surface area contributed by atoms with Crippen molar-refractivity contribution in [2.45, 2.75) is 64.0 Å². The van der Waals surface area contributed by atoms with Gasteiger partial charge in [-0.25, -0.2) is 4.98 Å². The second kappa shape index (κ2) is 8.76. The number of piperidine rings is 1. The van der Waals surface area contributed by atoms with Crippen molar-refractivity contribution in [3.05, 3.63) is 47.8 Å². The van der Waals surface area contributed by atoms with Crippen LogP contribution in [0.2, 0.25) is 0 Å². The number of carbonyl (C=O) groups is 2. The van der Waals surface area contributed by atoms with Gasteiger partial charge < -0.3 is 14.8 Å². The molecule has 0 atom stereocenters. The largest absolute Gasteiger partial charge is 0.349 e. The molecule has 1 aliphatic carbocycles. The van der Waals surface area contributed by atoms with Crippen LogP contribution in [0.1, 0.15) is 77.9 Å². The molecule has 0 bridgehead atoms. The standard InChI is InChI=1S/C22H29N5O2/c1-2-26-15-23-14-20(26)22(29)27-11-9-16(10-12-27)19-8-7-17(13-24-19)21(28)25-18-5-3-4-6-18/h7-8,13-16,18H,2-6,9-12H2,1H3,(H,25,28). The van der Waals surface area contributed by atoms with E-state index in [0.717, 1.165) is 37.9 Å². The number of aryl methyl sites for hydroxylation is 1. The fourth-order valence-electron chi connectivity index (χ4n) is 4.41. The number of likely N-dealkylation sites (tertiary alicyclic amines) is 1. The smallest absolute Gasteiger partial charge is 0.272 e.